The number of piperidine rings is 1. The Balaban J connectivity index is 1.46. The van der Waals surface area contributed by atoms with E-state index >= 15 is 0 Å². The number of nitrogens with one attached hydrogen (secondary N) is 1. The maximum Gasteiger partial charge on any atom is 0.253 e. The number of methoxy groups -OCH3 is 1. The van der Waals surface area contributed by atoms with Gasteiger partial charge in [0.15, 0.2) is 0 Å². The molecule has 0 saturated carbocycles. The fourth-order valence-electron chi connectivity index (χ4n) is 4.08. The van der Waals surface area contributed by atoms with Gasteiger partial charge in [0, 0.05) is 37.5 Å². The lowest BCUT2D eigenvalue weighted by Gasteiger charge is -2.34. The van der Waals surface area contributed by atoms with Crippen molar-refractivity contribution < 1.29 is 9.53 Å². The van der Waals surface area contributed by atoms with Gasteiger partial charge in [-0.2, -0.15) is 0 Å². The summed E-state index contributed by atoms with van der Waals surface area (Å²) in [5.41, 5.74) is 2.18. The molecular formula is C23H31N3O3. The van der Waals surface area contributed by atoms with Gasteiger partial charge in [-0.05, 0) is 62.9 Å². The van der Waals surface area contributed by atoms with Crippen LogP contribution >= 0.6 is 0 Å². The van der Waals surface area contributed by atoms with Crippen molar-refractivity contribution in [3.8, 4) is 5.75 Å². The zero-order valence-electron chi connectivity index (χ0n) is 17.6. The normalized spacial score (nSPS) is 15.3. The Labute approximate surface area is 172 Å². The van der Waals surface area contributed by atoms with Gasteiger partial charge in [-0.15, -0.1) is 0 Å². The van der Waals surface area contributed by atoms with Crippen molar-refractivity contribution in [2.24, 2.45) is 5.92 Å². The Morgan fingerprint density at radius 2 is 1.97 bits per heavy atom. The van der Waals surface area contributed by atoms with Crippen molar-refractivity contribution in [3.63, 3.8) is 0 Å². The molecule has 0 radical (unpaired) electrons. The van der Waals surface area contributed by atoms with Crippen LogP contribution in [0.1, 0.15) is 34.5 Å². The summed E-state index contributed by atoms with van der Waals surface area (Å²) in [5, 5.41) is 0. The van der Waals surface area contributed by atoms with E-state index in [0.29, 0.717) is 17.2 Å². The zero-order valence-corrected chi connectivity index (χ0v) is 17.6. The standard InChI is InChI=1S/C23H31N3O3/c1-17-14-20(15-22(27)24-17)23(28)25(2)16-18-8-11-26(12-9-18)13-10-19-6-4-5-7-21(19)29-3/h4-7,14-15,18H,8-13,16H2,1-3H3,(H,24,27). The Hall–Kier alpha value is -2.60. The van der Waals surface area contributed by atoms with Crippen molar-refractivity contribution in [2.75, 3.05) is 40.3 Å². The third kappa shape index (κ3) is 5.70. The molecule has 1 aliphatic heterocycles. The number of para-hydroxylation sites is 1. The van der Waals surface area contributed by atoms with Crippen LogP contribution in [-0.2, 0) is 6.42 Å². The third-order valence-corrected chi connectivity index (χ3v) is 5.70. The summed E-state index contributed by atoms with van der Waals surface area (Å²) in [5.74, 6) is 1.37. The van der Waals surface area contributed by atoms with Gasteiger partial charge >= 0.3 is 0 Å². The number of H-pyrrole nitrogens is 1. The first-order chi connectivity index (χ1) is 14.0. The van der Waals surface area contributed by atoms with Crippen LogP contribution in [0.3, 0.4) is 0 Å². The van der Waals surface area contributed by atoms with Crippen LogP contribution < -0.4 is 10.3 Å². The van der Waals surface area contributed by atoms with E-state index in [1.807, 2.05) is 19.2 Å². The molecule has 156 valence electrons. The number of amides is 1. The molecule has 1 aliphatic rings. The maximum atomic E-state index is 12.7. The number of carbonyl (C=O) groups excluding carboxylic acids is 1. The minimum Gasteiger partial charge on any atom is -0.496 e. The topological polar surface area (TPSA) is 65.6 Å². The largest absolute Gasteiger partial charge is 0.496 e. The number of pyridine rings is 1. The lowest BCUT2D eigenvalue weighted by Crippen LogP contribution is -2.40. The molecule has 1 aromatic heterocycles. The molecule has 1 aromatic carbocycles. The van der Waals surface area contributed by atoms with Crippen LogP contribution in [0.2, 0.25) is 0 Å². The van der Waals surface area contributed by atoms with E-state index < -0.39 is 0 Å². The molecular weight excluding hydrogens is 366 g/mol. The molecule has 1 N–H and O–H groups in total. The Kier molecular flexibility index (Phi) is 7.09. The molecule has 6 heteroatoms. The van der Waals surface area contributed by atoms with E-state index in [-0.39, 0.29) is 11.5 Å². The SMILES string of the molecule is COc1ccccc1CCN1CCC(CN(C)C(=O)c2cc(C)[nH]c(=O)c2)CC1. The van der Waals surface area contributed by atoms with E-state index in [0.717, 1.165) is 51.2 Å². The summed E-state index contributed by atoms with van der Waals surface area (Å²) < 4.78 is 5.44. The van der Waals surface area contributed by atoms with Crippen LogP contribution in [0.4, 0.5) is 0 Å². The van der Waals surface area contributed by atoms with Gasteiger partial charge in [0.2, 0.25) is 5.56 Å². The monoisotopic (exact) mass is 397 g/mol. The van der Waals surface area contributed by atoms with Gasteiger partial charge in [0.1, 0.15) is 5.75 Å². The van der Waals surface area contributed by atoms with Crippen molar-refractivity contribution in [2.45, 2.75) is 26.2 Å². The van der Waals surface area contributed by atoms with Crippen molar-refractivity contribution in [3.05, 3.63) is 63.6 Å². The summed E-state index contributed by atoms with van der Waals surface area (Å²) >= 11 is 0. The summed E-state index contributed by atoms with van der Waals surface area (Å²) in [6, 6.07) is 11.3. The molecule has 1 saturated heterocycles. The number of nitrogens with zero attached hydrogens (tertiary/aromatic N) is 2. The van der Waals surface area contributed by atoms with Gasteiger partial charge in [-0.25, -0.2) is 0 Å². The number of aromatic nitrogens is 1. The number of carbonyl (C=O) groups is 1. The molecule has 2 heterocycles. The second kappa shape index (κ2) is 9.74. The number of hydrogen-bond acceptors (Lipinski definition) is 4. The van der Waals surface area contributed by atoms with Crippen LogP contribution in [-0.4, -0.2) is 61.0 Å². The Bertz CT molecular complexity index is 885. The van der Waals surface area contributed by atoms with Gasteiger partial charge in [0.25, 0.3) is 5.91 Å². The molecule has 0 aliphatic carbocycles. The molecule has 0 unspecified atom stereocenters. The van der Waals surface area contributed by atoms with E-state index in [1.165, 1.54) is 11.6 Å². The Morgan fingerprint density at radius 1 is 1.24 bits per heavy atom. The van der Waals surface area contributed by atoms with Gasteiger partial charge in [0.05, 0.1) is 7.11 Å². The number of benzene rings is 1. The Morgan fingerprint density at radius 3 is 2.66 bits per heavy atom. The highest BCUT2D eigenvalue weighted by Crippen LogP contribution is 2.21. The number of aryl methyl sites for hydroxylation is 1. The highest BCUT2D eigenvalue weighted by molar-refractivity contribution is 5.94. The average Bonchev–Trinajstić information content (AvgIpc) is 2.72. The molecule has 1 amide bonds. The zero-order chi connectivity index (χ0) is 20.8. The van der Waals surface area contributed by atoms with E-state index in [1.54, 1.807) is 25.0 Å². The first-order valence-electron chi connectivity index (χ1n) is 10.3. The van der Waals surface area contributed by atoms with Crippen molar-refractivity contribution in [1.82, 2.24) is 14.8 Å². The minimum atomic E-state index is -0.231. The van der Waals surface area contributed by atoms with Crippen LogP contribution in [0.15, 0.2) is 41.2 Å². The smallest absolute Gasteiger partial charge is 0.253 e. The molecule has 6 nitrogen and oxygen atoms in total. The minimum absolute atomic E-state index is 0.0854. The van der Waals surface area contributed by atoms with Crippen LogP contribution in [0.5, 0.6) is 5.75 Å². The fourth-order valence-corrected chi connectivity index (χ4v) is 4.08. The van der Waals surface area contributed by atoms with E-state index in [9.17, 15) is 9.59 Å². The van der Waals surface area contributed by atoms with E-state index in [2.05, 4.69) is 22.0 Å². The van der Waals surface area contributed by atoms with Gasteiger partial charge in [-0.1, -0.05) is 18.2 Å². The summed E-state index contributed by atoms with van der Waals surface area (Å²) in [6.07, 6.45) is 3.14. The summed E-state index contributed by atoms with van der Waals surface area (Å²) in [6.45, 7) is 5.63. The lowest BCUT2D eigenvalue weighted by atomic mass is 9.95. The molecule has 29 heavy (non-hydrogen) atoms. The number of likely N-dealkylation sites (tertiary alicyclic amines) is 1. The predicted molar refractivity (Wildman–Crippen MR) is 115 cm³/mol. The van der Waals surface area contributed by atoms with Crippen LogP contribution in [0.25, 0.3) is 0 Å². The molecule has 0 bridgehead atoms. The quantitative estimate of drug-likeness (QED) is 0.780. The molecule has 2 aromatic rings. The van der Waals surface area contributed by atoms with Crippen molar-refractivity contribution >= 4 is 5.91 Å². The first kappa shape index (κ1) is 21.1. The second-order valence-corrected chi connectivity index (χ2v) is 7.95. The van der Waals surface area contributed by atoms with Gasteiger partial charge in [-0.3, -0.25) is 9.59 Å². The van der Waals surface area contributed by atoms with Crippen LogP contribution in [0, 0.1) is 12.8 Å². The molecule has 1 fully saturated rings. The molecule has 0 atom stereocenters. The summed E-state index contributed by atoms with van der Waals surface area (Å²) in [4.78, 5) is 31.2. The van der Waals surface area contributed by atoms with Crippen molar-refractivity contribution in [1.29, 1.82) is 0 Å². The molecule has 0 spiro atoms. The highest BCUT2D eigenvalue weighted by Gasteiger charge is 2.23. The number of hydrogen-bond donors (Lipinski definition) is 1. The maximum absolute atomic E-state index is 12.7. The third-order valence-electron chi connectivity index (χ3n) is 5.70. The van der Waals surface area contributed by atoms with Gasteiger partial charge < -0.3 is 19.5 Å². The lowest BCUT2D eigenvalue weighted by molar-refractivity contribution is 0.0740. The highest BCUT2D eigenvalue weighted by atomic mass is 16.5. The number of aromatic amines is 1. The second-order valence-electron chi connectivity index (χ2n) is 7.95. The average molecular weight is 398 g/mol. The fraction of sp³-hybridized carbons (Fsp3) is 0.478. The first-order valence-corrected chi connectivity index (χ1v) is 10.3. The molecule has 3 rings (SSSR count). The summed E-state index contributed by atoms with van der Waals surface area (Å²) in [7, 11) is 3.54. The number of rotatable bonds is 7. The number of ether oxygens (including phenoxy) is 1. The van der Waals surface area contributed by atoms with E-state index in [4.69, 9.17) is 4.74 Å². The predicted octanol–water partition coefficient (Wildman–Crippen LogP) is 2.72.